The number of rotatable bonds is 3. The Balaban J connectivity index is 1.96. The largest absolute Gasteiger partial charge is 0.397 e. The van der Waals surface area contributed by atoms with Gasteiger partial charge in [0.25, 0.3) is 0 Å². The molecule has 17 heavy (non-hydrogen) atoms. The Morgan fingerprint density at radius 3 is 2.76 bits per heavy atom. The molecule has 5 nitrogen and oxygen atoms in total. The smallest absolute Gasteiger partial charge is 0.231 e. The molecule has 2 heterocycles. The van der Waals surface area contributed by atoms with Crippen molar-refractivity contribution >= 4 is 17.4 Å². The summed E-state index contributed by atoms with van der Waals surface area (Å²) in [7, 11) is 0. The first-order valence-corrected chi connectivity index (χ1v) is 5.15. The number of aromatic nitrogens is 2. The summed E-state index contributed by atoms with van der Waals surface area (Å²) in [6.07, 6.45) is 3.38. The van der Waals surface area contributed by atoms with Gasteiger partial charge in [-0.25, -0.2) is 4.98 Å². The third-order valence-corrected chi connectivity index (χ3v) is 2.12. The molecule has 0 aromatic carbocycles. The van der Waals surface area contributed by atoms with Crippen LogP contribution in [0.2, 0.25) is 0 Å². The van der Waals surface area contributed by atoms with Crippen LogP contribution in [0.15, 0.2) is 42.7 Å². The van der Waals surface area contributed by atoms with Crippen molar-refractivity contribution < 1.29 is 4.79 Å². The van der Waals surface area contributed by atoms with Gasteiger partial charge in [-0.1, -0.05) is 6.07 Å². The van der Waals surface area contributed by atoms with Gasteiger partial charge in [-0.3, -0.25) is 9.78 Å². The lowest BCUT2D eigenvalue weighted by atomic mass is 10.2. The van der Waals surface area contributed by atoms with E-state index in [4.69, 9.17) is 5.73 Å². The van der Waals surface area contributed by atoms with Gasteiger partial charge in [0, 0.05) is 11.9 Å². The molecule has 3 N–H and O–H groups in total. The molecule has 0 spiro atoms. The van der Waals surface area contributed by atoms with E-state index in [0.29, 0.717) is 11.5 Å². The number of anilines is 2. The third kappa shape index (κ3) is 3.27. The van der Waals surface area contributed by atoms with Crippen LogP contribution in [0.5, 0.6) is 0 Å². The average Bonchev–Trinajstić information content (AvgIpc) is 2.33. The number of nitrogen functional groups attached to an aromatic ring is 1. The molecule has 2 aromatic heterocycles. The predicted octanol–water partition coefficient (Wildman–Crippen LogP) is 1.24. The summed E-state index contributed by atoms with van der Waals surface area (Å²) in [5, 5.41) is 2.67. The van der Waals surface area contributed by atoms with Crippen molar-refractivity contribution in [2.45, 2.75) is 6.42 Å². The molecule has 2 rings (SSSR count). The highest BCUT2D eigenvalue weighted by Crippen LogP contribution is 2.06. The number of hydrogen-bond acceptors (Lipinski definition) is 4. The summed E-state index contributed by atoms with van der Waals surface area (Å²) in [6, 6.07) is 8.80. The zero-order chi connectivity index (χ0) is 12.1. The molecule has 0 fully saturated rings. The number of carbonyl (C=O) groups is 1. The highest BCUT2D eigenvalue weighted by atomic mass is 16.1. The van der Waals surface area contributed by atoms with Crippen molar-refractivity contribution in [2.24, 2.45) is 0 Å². The minimum absolute atomic E-state index is 0.152. The monoisotopic (exact) mass is 228 g/mol. The van der Waals surface area contributed by atoms with E-state index in [1.165, 1.54) is 6.20 Å². The van der Waals surface area contributed by atoms with Crippen molar-refractivity contribution in [1.29, 1.82) is 0 Å². The third-order valence-electron chi connectivity index (χ3n) is 2.12. The number of carbonyl (C=O) groups excluding carboxylic acids is 1. The molecule has 86 valence electrons. The number of nitrogens with two attached hydrogens (primary N) is 1. The molecule has 2 aromatic rings. The Morgan fingerprint density at radius 1 is 1.24 bits per heavy atom. The van der Waals surface area contributed by atoms with E-state index in [1.807, 2.05) is 12.1 Å². The Hall–Kier alpha value is -2.43. The van der Waals surface area contributed by atoms with Gasteiger partial charge in [-0.05, 0) is 24.3 Å². The minimum atomic E-state index is -0.152. The zero-order valence-electron chi connectivity index (χ0n) is 9.13. The van der Waals surface area contributed by atoms with E-state index in [-0.39, 0.29) is 12.3 Å². The number of amides is 1. The van der Waals surface area contributed by atoms with E-state index in [1.54, 1.807) is 24.4 Å². The van der Waals surface area contributed by atoms with Crippen LogP contribution in [0, 0.1) is 0 Å². The molecule has 0 aliphatic heterocycles. The summed E-state index contributed by atoms with van der Waals surface area (Å²) < 4.78 is 0. The molecular formula is C12H12N4O. The van der Waals surface area contributed by atoms with Crippen molar-refractivity contribution in [2.75, 3.05) is 11.1 Å². The molecule has 0 saturated carbocycles. The van der Waals surface area contributed by atoms with Gasteiger partial charge in [0.2, 0.25) is 5.91 Å². The average molecular weight is 228 g/mol. The number of nitrogens with zero attached hydrogens (tertiary/aromatic N) is 2. The lowest BCUT2D eigenvalue weighted by Crippen LogP contribution is -2.15. The van der Waals surface area contributed by atoms with Crippen LogP contribution in [-0.2, 0) is 11.2 Å². The van der Waals surface area contributed by atoms with Gasteiger partial charge in [-0.2, -0.15) is 0 Å². The van der Waals surface area contributed by atoms with E-state index in [2.05, 4.69) is 15.3 Å². The van der Waals surface area contributed by atoms with Gasteiger partial charge in [0.15, 0.2) is 0 Å². The molecule has 0 unspecified atom stereocenters. The van der Waals surface area contributed by atoms with E-state index in [0.717, 1.165) is 5.69 Å². The second-order valence-electron chi connectivity index (χ2n) is 3.52. The van der Waals surface area contributed by atoms with Crippen LogP contribution in [0.1, 0.15) is 5.69 Å². The van der Waals surface area contributed by atoms with Gasteiger partial charge in [0.1, 0.15) is 5.82 Å². The Morgan fingerprint density at radius 2 is 2.12 bits per heavy atom. The fourth-order valence-electron chi connectivity index (χ4n) is 1.33. The summed E-state index contributed by atoms with van der Waals surface area (Å²) >= 11 is 0. The van der Waals surface area contributed by atoms with Crippen molar-refractivity contribution in [1.82, 2.24) is 9.97 Å². The number of pyridine rings is 2. The van der Waals surface area contributed by atoms with Crippen molar-refractivity contribution in [3.63, 3.8) is 0 Å². The molecule has 0 aliphatic carbocycles. The van der Waals surface area contributed by atoms with Crippen LogP contribution in [0.4, 0.5) is 11.5 Å². The fourth-order valence-corrected chi connectivity index (χ4v) is 1.33. The molecule has 0 bridgehead atoms. The normalized spacial score (nSPS) is 9.88. The fraction of sp³-hybridized carbons (Fsp3) is 0.0833. The summed E-state index contributed by atoms with van der Waals surface area (Å²) in [6.45, 7) is 0. The van der Waals surface area contributed by atoms with Gasteiger partial charge >= 0.3 is 0 Å². The number of nitrogens with one attached hydrogen (secondary N) is 1. The highest BCUT2D eigenvalue weighted by Gasteiger charge is 2.05. The minimum Gasteiger partial charge on any atom is -0.397 e. The van der Waals surface area contributed by atoms with E-state index in [9.17, 15) is 4.79 Å². The van der Waals surface area contributed by atoms with Crippen molar-refractivity contribution in [3.8, 4) is 0 Å². The van der Waals surface area contributed by atoms with Crippen molar-refractivity contribution in [3.05, 3.63) is 48.4 Å². The summed E-state index contributed by atoms with van der Waals surface area (Å²) in [5.74, 6) is 0.334. The predicted molar refractivity (Wildman–Crippen MR) is 65.2 cm³/mol. The maximum Gasteiger partial charge on any atom is 0.231 e. The van der Waals surface area contributed by atoms with Crippen LogP contribution < -0.4 is 11.1 Å². The van der Waals surface area contributed by atoms with Gasteiger partial charge < -0.3 is 11.1 Å². The lowest BCUT2D eigenvalue weighted by Gasteiger charge is -2.03. The van der Waals surface area contributed by atoms with Crippen LogP contribution in [0.25, 0.3) is 0 Å². The molecule has 1 amide bonds. The van der Waals surface area contributed by atoms with Crippen LogP contribution in [-0.4, -0.2) is 15.9 Å². The number of hydrogen-bond donors (Lipinski definition) is 2. The molecule has 5 heteroatoms. The Labute approximate surface area is 98.7 Å². The van der Waals surface area contributed by atoms with E-state index >= 15 is 0 Å². The molecular weight excluding hydrogens is 216 g/mol. The maximum atomic E-state index is 11.6. The second kappa shape index (κ2) is 5.07. The SMILES string of the molecule is Nc1ccc(NC(=O)Cc2ccccn2)nc1. The molecule has 0 saturated heterocycles. The first-order valence-electron chi connectivity index (χ1n) is 5.15. The quantitative estimate of drug-likeness (QED) is 0.828. The molecule has 0 aliphatic rings. The van der Waals surface area contributed by atoms with Gasteiger partial charge in [0.05, 0.1) is 18.3 Å². The van der Waals surface area contributed by atoms with Crippen LogP contribution in [0.3, 0.4) is 0 Å². The lowest BCUT2D eigenvalue weighted by molar-refractivity contribution is -0.115. The van der Waals surface area contributed by atoms with Crippen LogP contribution >= 0.6 is 0 Å². The van der Waals surface area contributed by atoms with E-state index < -0.39 is 0 Å². The Kier molecular flexibility index (Phi) is 3.30. The first kappa shape index (κ1) is 11.1. The zero-order valence-corrected chi connectivity index (χ0v) is 9.13. The van der Waals surface area contributed by atoms with Gasteiger partial charge in [-0.15, -0.1) is 0 Å². The molecule has 0 atom stereocenters. The molecule has 0 radical (unpaired) electrons. The standard InChI is InChI=1S/C12H12N4O/c13-9-4-5-11(15-8-9)16-12(17)7-10-3-1-2-6-14-10/h1-6,8H,7,13H2,(H,15,16,17). The maximum absolute atomic E-state index is 11.6. The summed E-state index contributed by atoms with van der Waals surface area (Å²) in [4.78, 5) is 19.7. The topological polar surface area (TPSA) is 80.9 Å². The first-order chi connectivity index (χ1) is 8.24. The second-order valence-corrected chi connectivity index (χ2v) is 3.52. The highest BCUT2D eigenvalue weighted by molar-refractivity contribution is 5.91. The summed E-state index contributed by atoms with van der Waals surface area (Å²) in [5.41, 5.74) is 6.78. The Bertz CT molecular complexity index is 496.